The molecule has 11 heteroatoms. The summed E-state index contributed by atoms with van der Waals surface area (Å²) in [5, 5.41) is 8.30. The van der Waals surface area contributed by atoms with E-state index in [4.69, 9.17) is 0 Å². The molecule has 2 aliphatic rings. The molecule has 0 radical (unpaired) electrons. The van der Waals surface area contributed by atoms with Crippen LogP contribution in [-0.2, 0) is 16.1 Å². The van der Waals surface area contributed by atoms with Crippen LogP contribution in [0.25, 0.3) is 5.69 Å². The van der Waals surface area contributed by atoms with E-state index in [9.17, 15) is 18.4 Å². The second kappa shape index (κ2) is 14.7. The quantitative estimate of drug-likeness (QED) is 0.154. The summed E-state index contributed by atoms with van der Waals surface area (Å²) in [6.07, 6.45) is 6.92. The first-order valence-corrected chi connectivity index (χ1v) is 16.1. The zero-order valence-electron chi connectivity index (χ0n) is 26.8. The van der Waals surface area contributed by atoms with Crippen LogP contribution in [0.1, 0.15) is 63.8 Å². The first-order valence-electron chi connectivity index (χ1n) is 16.1. The number of nitrogens with zero attached hydrogens (tertiary/aromatic N) is 5. The number of likely N-dealkylation sites (tertiary alicyclic amines) is 1. The highest BCUT2D eigenvalue weighted by Gasteiger charge is 2.38. The number of rotatable bonds is 14. The van der Waals surface area contributed by atoms with E-state index >= 15 is 4.39 Å². The van der Waals surface area contributed by atoms with Gasteiger partial charge in [-0.3, -0.25) is 14.5 Å². The van der Waals surface area contributed by atoms with Gasteiger partial charge in [-0.05, 0) is 42.5 Å². The van der Waals surface area contributed by atoms with Crippen molar-refractivity contribution in [3.63, 3.8) is 0 Å². The van der Waals surface area contributed by atoms with Crippen molar-refractivity contribution in [2.75, 3.05) is 32.7 Å². The molecule has 246 valence electrons. The Morgan fingerprint density at radius 1 is 0.957 bits per heavy atom. The molecule has 46 heavy (non-hydrogen) atoms. The van der Waals surface area contributed by atoms with Crippen molar-refractivity contribution < 1.29 is 27.4 Å². The largest absolute Gasteiger partial charge is 0.306 e. The third-order valence-electron chi connectivity index (χ3n) is 8.78. The molecule has 2 aliphatic heterocycles. The fraction of sp³-hybridized carbons (Fsp3) is 0.486. The van der Waals surface area contributed by atoms with Crippen molar-refractivity contribution in [2.45, 2.75) is 65.2 Å². The summed E-state index contributed by atoms with van der Waals surface area (Å²) in [5.74, 6) is -1.82. The van der Waals surface area contributed by atoms with Crippen molar-refractivity contribution in [2.24, 2.45) is 11.3 Å². The minimum absolute atomic E-state index is 0.0195. The first-order chi connectivity index (χ1) is 22.0. The molecular weight excluding hydrogens is 593 g/mol. The highest BCUT2D eigenvalue weighted by Crippen LogP contribution is 2.33. The number of hydrogen-bond donors (Lipinski definition) is 1. The Bertz CT molecular complexity index is 1520. The Morgan fingerprint density at radius 3 is 2.35 bits per heavy atom. The van der Waals surface area contributed by atoms with E-state index in [1.165, 1.54) is 21.7 Å². The Kier molecular flexibility index (Phi) is 10.7. The normalized spacial score (nSPS) is 19.5. The summed E-state index contributed by atoms with van der Waals surface area (Å²) in [5.41, 5.74) is 1.51. The molecule has 2 amide bonds. The lowest BCUT2D eigenvalue weighted by atomic mass is 9.84. The molecule has 0 spiro atoms. The van der Waals surface area contributed by atoms with Crippen LogP contribution in [-0.4, -0.2) is 70.4 Å². The van der Waals surface area contributed by atoms with E-state index in [0.29, 0.717) is 32.7 Å². The Morgan fingerprint density at radius 2 is 1.65 bits per heavy atom. The van der Waals surface area contributed by atoms with Gasteiger partial charge >= 0.3 is 0 Å². The van der Waals surface area contributed by atoms with Crippen LogP contribution in [0, 0.1) is 23.0 Å². The SMILES string of the molecule is CC(C)(C)[C@@H](NC[C@@H]1CN(CCCCCCN2C(=O)C=CC2=O)C[C@@H]1F)c1c[n+](-c2cc(F)ccc2F)nn1Cc1ccccc1. The smallest absolute Gasteiger partial charge is 0.253 e. The van der Waals surface area contributed by atoms with Gasteiger partial charge in [-0.1, -0.05) is 68.6 Å². The predicted molar refractivity (Wildman–Crippen MR) is 169 cm³/mol. The van der Waals surface area contributed by atoms with E-state index < -0.39 is 17.8 Å². The summed E-state index contributed by atoms with van der Waals surface area (Å²) in [7, 11) is 0. The number of benzene rings is 2. The van der Waals surface area contributed by atoms with Crippen molar-refractivity contribution in [1.82, 2.24) is 25.0 Å². The van der Waals surface area contributed by atoms with Gasteiger partial charge in [-0.15, -0.1) is 4.68 Å². The van der Waals surface area contributed by atoms with Gasteiger partial charge in [0.1, 0.15) is 18.5 Å². The minimum Gasteiger partial charge on any atom is -0.306 e. The summed E-state index contributed by atoms with van der Waals surface area (Å²) >= 11 is 0. The summed E-state index contributed by atoms with van der Waals surface area (Å²) < 4.78 is 47.4. The number of nitrogens with one attached hydrogen (secondary N) is 1. The Labute approximate surface area is 268 Å². The van der Waals surface area contributed by atoms with E-state index in [0.717, 1.165) is 61.7 Å². The number of amides is 2. The van der Waals surface area contributed by atoms with Crippen LogP contribution < -0.4 is 10.00 Å². The number of hydrogen-bond acceptors (Lipinski definition) is 5. The van der Waals surface area contributed by atoms with Crippen LogP contribution in [0.15, 0.2) is 66.9 Å². The molecule has 0 unspecified atom stereocenters. The van der Waals surface area contributed by atoms with Crippen LogP contribution in [0.4, 0.5) is 13.2 Å². The predicted octanol–water partition coefficient (Wildman–Crippen LogP) is 4.92. The number of aromatic nitrogens is 3. The van der Waals surface area contributed by atoms with Crippen LogP contribution >= 0.6 is 0 Å². The standard InChI is InChI=1S/C35H44F3N6O2/c1-35(2,3)34(31-24-44(30-19-27(36)13-14-28(30)37)40-43(31)21-25-11-7-6-8-12-25)39-20-26-22-41(23-29(26)38)17-9-4-5-10-18-42-32(45)15-16-33(42)46/h6-8,11-16,19,24,26,29,34,39H,4-5,9-10,17-18,20-23H2,1-3H3/q+1/t26-,29+,34+/m1/s1. The number of alkyl halides is 1. The van der Waals surface area contributed by atoms with Crippen LogP contribution in [0.3, 0.4) is 0 Å². The second-order valence-corrected chi connectivity index (χ2v) is 13.4. The van der Waals surface area contributed by atoms with Gasteiger partial charge in [-0.25, -0.2) is 13.2 Å². The van der Waals surface area contributed by atoms with Crippen molar-refractivity contribution in [1.29, 1.82) is 0 Å². The van der Waals surface area contributed by atoms with E-state index in [1.54, 1.807) is 6.20 Å². The molecule has 8 nitrogen and oxygen atoms in total. The minimum atomic E-state index is -0.964. The molecule has 1 N–H and O–H groups in total. The molecule has 1 saturated heterocycles. The highest BCUT2D eigenvalue weighted by molar-refractivity contribution is 6.12. The molecule has 1 fully saturated rings. The third kappa shape index (κ3) is 8.30. The van der Waals surface area contributed by atoms with Gasteiger partial charge in [0.2, 0.25) is 0 Å². The van der Waals surface area contributed by atoms with Crippen molar-refractivity contribution >= 4 is 11.8 Å². The molecule has 3 aromatic rings. The molecule has 2 aromatic carbocycles. The Balaban J connectivity index is 1.21. The summed E-state index contributed by atoms with van der Waals surface area (Å²) in [6.45, 7) is 9.43. The maximum atomic E-state index is 15.3. The molecule has 3 atom stereocenters. The number of halogens is 3. The number of unbranched alkanes of at least 4 members (excludes halogenated alkanes) is 3. The molecule has 0 bridgehead atoms. The zero-order chi connectivity index (χ0) is 32.8. The highest BCUT2D eigenvalue weighted by atomic mass is 19.1. The number of carbonyl (C=O) groups excluding carboxylic acids is 2. The lowest BCUT2D eigenvalue weighted by molar-refractivity contribution is -0.663. The average molecular weight is 638 g/mol. The van der Waals surface area contributed by atoms with Gasteiger partial charge in [0.25, 0.3) is 11.8 Å². The van der Waals surface area contributed by atoms with Gasteiger partial charge in [0, 0.05) is 50.3 Å². The van der Waals surface area contributed by atoms with E-state index in [-0.39, 0.29) is 34.9 Å². The lowest BCUT2D eigenvalue weighted by Crippen LogP contribution is -2.39. The van der Waals surface area contributed by atoms with Gasteiger partial charge in [0.15, 0.2) is 23.4 Å². The molecule has 3 heterocycles. The van der Waals surface area contributed by atoms with Gasteiger partial charge < -0.3 is 10.2 Å². The summed E-state index contributed by atoms with van der Waals surface area (Å²) in [4.78, 5) is 26.8. The zero-order valence-corrected chi connectivity index (χ0v) is 26.8. The molecule has 0 saturated carbocycles. The molecular formula is C35H44F3N6O2+. The fourth-order valence-corrected chi connectivity index (χ4v) is 6.29. The monoisotopic (exact) mass is 637 g/mol. The van der Waals surface area contributed by atoms with Crippen molar-refractivity contribution in [3.8, 4) is 5.69 Å². The Hall–Kier alpha value is -3.83. The van der Waals surface area contributed by atoms with Gasteiger partial charge in [-0.2, -0.15) is 0 Å². The average Bonchev–Trinajstić information content (AvgIpc) is 3.68. The maximum absolute atomic E-state index is 15.3. The lowest BCUT2D eigenvalue weighted by Gasteiger charge is -2.31. The molecule has 0 aliphatic carbocycles. The first kappa shape index (κ1) is 33.5. The number of imide groups is 1. The van der Waals surface area contributed by atoms with E-state index in [2.05, 4.69) is 36.2 Å². The van der Waals surface area contributed by atoms with Gasteiger partial charge in [0.05, 0.1) is 11.3 Å². The van der Waals surface area contributed by atoms with Crippen LogP contribution in [0.2, 0.25) is 0 Å². The third-order valence-corrected chi connectivity index (χ3v) is 8.78. The molecule has 1 aromatic heterocycles. The topological polar surface area (TPSA) is 74.3 Å². The van der Waals surface area contributed by atoms with E-state index in [1.807, 2.05) is 35.0 Å². The fourth-order valence-electron chi connectivity index (χ4n) is 6.29. The maximum Gasteiger partial charge on any atom is 0.253 e. The molecule has 5 rings (SSSR count). The summed E-state index contributed by atoms with van der Waals surface area (Å²) in [6, 6.07) is 12.9. The second-order valence-electron chi connectivity index (χ2n) is 13.4. The number of carbonyl (C=O) groups is 2. The van der Waals surface area contributed by atoms with Crippen molar-refractivity contribution in [3.05, 3.63) is 89.8 Å². The van der Waals surface area contributed by atoms with Crippen LogP contribution in [0.5, 0.6) is 0 Å².